The van der Waals surface area contributed by atoms with E-state index < -0.39 is 0 Å². The van der Waals surface area contributed by atoms with Crippen molar-refractivity contribution in [2.24, 2.45) is 0 Å². The van der Waals surface area contributed by atoms with Gasteiger partial charge in [0.1, 0.15) is 17.2 Å². The minimum Gasteiger partial charge on any atom is -0.486 e. The minimum absolute atomic E-state index is 0.0806. The number of aromatic nitrogens is 2. The first-order chi connectivity index (χ1) is 13.1. The largest absolute Gasteiger partial charge is 0.486 e. The second kappa shape index (κ2) is 7.64. The predicted molar refractivity (Wildman–Crippen MR) is 108 cm³/mol. The van der Waals surface area contributed by atoms with Crippen LogP contribution in [0.15, 0.2) is 36.7 Å². The quantitative estimate of drug-likeness (QED) is 0.827. The van der Waals surface area contributed by atoms with Gasteiger partial charge in [-0.25, -0.2) is 4.98 Å². The standard InChI is InChI=1S/C22H32N4O/c1-4-26-14-13-23-21(26)16-25-15-18-7-5-6-8-20(18)27-22(17-25)11-9-19(10-12-22)24(2)3/h5-8,13-14,19H,4,9-12,15-17H2,1-3H3. The third kappa shape index (κ3) is 3.90. The van der Waals surface area contributed by atoms with Crippen LogP contribution in [0, 0.1) is 0 Å². The number of hydrogen-bond acceptors (Lipinski definition) is 4. The van der Waals surface area contributed by atoms with Crippen LogP contribution in [0.25, 0.3) is 0 Å². The summed E-state index contributed by atoms with van der Waals surface area (Å²) in [4.78, 5) is 9.52. The molecule has 1 aliphatic carbocycles. The van der Waals surface area contributed by atoms with Crippen molar-refractivity contribution in [3.63, 3.8) is 0 Å². The molecule has 0 atom stereocenters. The lowest BCUT2D eigenvalue weighted by Crippen LogP contribution is -2.50. The highest BCUT2D eigenvalue weighted by atomic mass is 16.5. The van der Waals surface area contributed by atoms with E-state index >= 15 is 0 Å². The maximum atomic E-state index is 6.73. The normalized spacial score (nSPS) is 26.0. The third-order valence-corrected chi connectivity index (χ3v) is 6.31. The molecule has 0 amide bonds. The number of rotatable bonds is 4. The number of hydrogen-bond donors (Lipinski definition) is 0. The van der Waals surface area contributed by atoms with Crippen LogP contribution in [0.1, 0.15) is 44.0 Å². The van der Waals surface area contributed by atoms with Gasteiger partial charge >= 0.3 is 0 Å². The summed E-state index contributed by atoms with van der Waals surface area (Å²) < 4.78 is 8.98. The van der Waals surface area contributed by atoms with Crippen LogP contribution in [-0.2, 0) is 19.6 Å². The van der Waals surface area contributed by atoms with Crippen molar-refractivity contribution in [3.05, 3.63) is 48.0 Å². The third-order valence-electron chi connectivity index (χ3n) is 6.31. The zero-order valence-electron chi connectivity index (χ0n) is 16.9. The Bertz CT molecular complexity index is 761. The van der Waals surface area contributed by atoms with E-state index in [1.54, 1.807) is 0 Å². The molecule has 146 valence electrons. The van der Waals surface area contributed by atoms with Crippen LogP contribution in [-0.4, -0.2) is 51.6 Å². The SMILES string of the molecule is CCn1ccnc1CN1Cc2ccccc2OC2(CCC(N(C)C)CC2)C1. The van der Waals surface area contributed by atoms with E-state index in [4.69, 9.17) is 4.74 Å². The van der Waals surface area contributed by atoms with Crippen LogP contribution in [0.2, 0.25) is 0 Å². The van der Waals surface area contributed by atoms with E-state index in [1.807, 2.05) is 6.20 Å². The summed E-state index contributed by atoms with van der Waals surface area (Å²) >= 11 is 0. The second-order valence-corrected chi connectivity index (χ2v) is 8.36. The van der Waals surface area contributed by atoms with Gasteiger partial charge in [0.25, 0.3) is 0 Å². The van der Waals surface area contributed by atoms with Crippen LogP contribution >= 0.6 is 0 Å². The highest BCUT2D eigenvalue weighted by Gasteiger charge is 2.41. The van der Waals surface area contributed by atoms with Crippen molar-refractivity contribution in [3.8, 4) is 5.75 Å². The molecule has 1 aliphatic heterocycles. The number of nitrogens with zero attached hydrogens (tertiary/aromatic N) is 4. The van der Waals surface area contributed by atoms with E-state index in [1.165, 1.54) is 18.4 Å². The lowest BCUT2D eigenvalue weighted by atomic mass is 9.81. The van der Waals surface area contributed by atoms with E-state index in [2.05, 4.69) is 70.8 Å². The smallest absolute Gasteiger partial charge is 0.124 e. The molecule has 5 heteroatoms. The molecule has 1 aromatic heterocycles. The molecule has 2 heterocycles. The summed E-state index contributed by atoms with van der Waals surface area (Å²) in [6.45, 7) is 5.91. The topological polar surface area (TPSA) is 33.5 Å². The van der Waals surface area contributed by atoms with Gasteiger partial charge in [-0.15, -0.1) is 0 Å². The van der Waals surface area contributed by atoms with Crippen molar-refractivity contribution in [1.29, 1.82) is 0 Å². The average molecular weight is 369 g/mol. The molecule has 0 saturated heterocycles. The molecule has 0 bridgehead atoms. The van der Waals surface area contributed by atoms with Gasteiger partial charge in [-0.1, -0.05) is 18.2 Å². The van der Waals surface area contributed by atoms with Gasteiger partial charge in [-0.2, -0.15) is 0 Å². The van der Waals surface area contributed by atoms with Crippen LogP contribution < -0.4 is 4.74 Å². The fraction of sp³-hybridized carbons (Fsp3) is 0.591. The van der Waals surface area contributed by atoms with Crippen LogP contribution in [0.5, 0.6) is 5.75 Å². The predicted octanol–water partition coefficient (Wildman–Crippen LogP) is 3.54. The number of imidazole rings is 1. The molecular formula is C22H32N4O. The summed E-state index contributed by atoms with van der Waals surface area (Å²) in [5.74, 6) is 2.22. The summed E-state index contributed by atoms with van der Waals surface area (Å²) in [5, 5.41) is 0. The average Bonchev–Trinajstić information content (AvgIpc) is 3.04. The molecule has 5 nitrogen and oxygen atoms in total. The van der Waals surface area contributed by atoms with Gasteiger partial charge in [0.15, 0.2) is 0 Å². The van der Waals surface area contributed by atoms with Crippen molar-refractivity contribution in [1.82, 2.24) is 19.4 Å². The Morgan fingerprint density at radius 2 is 2.00 bits per heavy atom. The van der Waals surface area contributed by atoms with Crippen molar-refractivity contribution >= 4 is 0 Å². The van der Waals surface area contributed by atoms with Gasteiger partial charge in [0.2, 0.25) is 0 Å². The molecule has 27 heavy (non-hydrogen) atoms. The van der Waals surface area contributed by atoms with Crippen LogP contribution in [0.3, 0.4) is 0 Å². The molecule has 1 fully saturated rings. The zero-order valence-corrected chi connectivity index (χ0v) is 16.9. The molecule has 2 aromatic rings. The molecule has 0 radical (unpaired) electrons. The molecule has 1 aromatic carbocycles. The molecule has 0 unspecified atom stereocenters. The second-order valence-electron chi connectivity index (χ2n) is 8.36. The molecular weight excluding hydrogens is 336 g/mol. The molecule has 1 saturated carbocycles. The first-order valence-corrected chi connectivity index (χ1v) is 10.2. The number of ether oxygens (including phenoxy) is 1. The maximum absolute atomic E-state index is 6.73. The first-order valence-electron chi connectivity index (χ1n) is 10.2. The van der Waals surface area contributed by atoms with Gasteiger partial charge in [0, 0.05) is 43.6 Å². The van der Waals surface area contributed by atoms with Gasteiger partial charge in [-0.05, 0) is 52.8 Å². The molecule has 1 spiro atoms. The Morgan fingerprint density at radius 1 is 1.22 bits per heavy atom. The number of aryl methyl sites for hydroxylation is 1. The summed E-state index contributed by atoms with van der Waals surface area (Å²) in [5.41, 5.74) is 1.21. The Balaban J connectivity index is 1.59. The Labute approximate surface area is 162 Å². The van der Waals surface area contributed by atoms with E-state index in [9.17, 15) is 0 Å². The van der Waals surface area contributed by atoms with E-state index in [-0.39, 0.29) is 5.60 Å². The Kier molecular flexibility index (Phi) is 5.24. The van der Waals surface area contributed by atoms with Gasteiger partial charge < -0.3 is 14.2 Å². The fourth-order valence-corrected chi connectivity index (χ4v) is 4.70. The highest BCUT2D eigenvalue weighted by molar-refractivity contribution is 5.35. The number of para-hydroxylation sites is 1. The zero-order chi connectivity index (χ0) is 18.9. The lowest BCUT2D eigenvalue weighted by molar-refractivity contribution is -0.0141. The van der Waals surface area contributed by atoms with Gasteiger partial charge in [-0.3, -0.25) is 4.90 Å². The number of fused-ring (bicyclic) bond motifs is 1. The monoisotopic (exact) mass is 368 g/mol. The Hall–Kier alpha value is -1.85. The van der Waals surface area contributed by atoms with Crippen LogP contribution in [0.4, 0.5) is 0 Å². The van der Waals surface area contributed by atoms with Gasteiger partial charge in [0.05, 0.1) is 6.54 Å². The molecule has 4 rings (SSSR count). The maximum Gasteiger partial charge on any atom is 0.124 e. The van der Waals surface area contributed by atoms with E-state index in [0.29, 0.717) is 6.04 Å². The van der Waals surface area contributed by atoms with E-state index in [0.717, 1.165) is 50.6 Å². The Morgan fingerprint density at radius 3 is 2.74 bits per heavy atom. The summed E-state index contributed by atoms with van der Waals surface area (Å²) in [6.07, 6.45) is 8.62. The first kappa shape index (κ1) is 18.5. The number of benzene rings is 1. The minimum atomic E-state index is -0.0806. The summed E-state index contributed by atoms with van der Waals surface area (Å²) in [7, 11) is 4.39. The highest BCUT2D eigenvalue weighted by Crippen LogP contribution is 2.39. The summed E-state index contributed by atoms with van der Waals surface area (Å²) in [6, 6.07) is 9.24. The fourth-order valence-electron chi connectivity index (χ4n) is 4.70. The lowest BCUT2D eigenvalue weighted by Gasteiger charge is -2.43. The molecule has 2 aliphatic rings. The van der Waals surface area contributed by atoms with Crippen molar-refractivity contribution in [2.45, 2.75) is 63.9 Å². The molecule has 0 N–H and O–H groups in total. The van der Waals surface area contributed by atoms with Crippen molar-refractivity contribution < 1.29 is 4.74 Å². The van der Waals surface area contributed by atoms with Crippen molar-refractivity contribution in [2.75, 3.05) is 20.6 Å².